The van der Waals surface area contributed by atoms with Crippen LogP contribution in [0.3, 0.4) is 0 Å². The second-order valence-electron chi connectivity index (χ2n) is 11.8. The molecule has 1 atom stereocenters. The first-order valence-corrected chi connectivity index (χ1v) is 15.8. The molecule has 14 heteroatoms. The Labute approximate surface area is 279 Å². The van der Waals surface area contributed by atoms with Crippen LogP contribution in [0.2, 0.25) is 0 Å². The number of halogens is 4. The molecule has 1 aliphatic rings. The van der Waals surface area contributed by atoms with Crippen LogP contribution in [0.1, 0.15) is 45.2 Å². The number of hydrogen-bond donors (Lipinski definition) is 1. The van der Waals surface area contributed by atoms with Crippen molar-refractivity contribution < 1.29 is 18.0 Å². The van der Waals surface area contributed by atoms with E-state index >= 15 is 0 Å². The highest BCUT2D eigenvalue weighted by Crippen LogP contribution is 2.36. The number of carbonyl (C=O) groups is 1. The van der Waals surface area contributed by atoms with E-state index < -0.39 is 23.7 Å². The van der Waals surface area contributed by atoms with Crippen LogP contribution in [0.5, 0.6) is 0 Å². The number of fused-ring (bicyclic) bond motifs is 3. The van der Waals surface area contributed by atoms with Crippen LogP contribution in [-0.4, -0.2) is 45.8 Å². The minimum atomic E-state index is -4.65. The van der Waals surface area contributed by atoms with Crippen LogP contribution in [0.4, 0.5) is 13.2 Å². The van der Waals surface area contributed by atoms with E-state index in [9.17, 15) is 27.6 Å². The van der Waals surface area contributed by atoms with Gasteiger partial charge in [0.25, 0.3) is 11.5 Å². The van der Waals surface area contributed by atoms with E-state index in [4.69, 9.17) is 5.10 Å². The lowest BCUT2D eigenvalue weighted by Crippen LogP contribution is -2.46. The number of amides is 1. The van der Waals surface area contributed by atoms with Gasteiger partial charge >= 0.3 is 11.9 Å². The second-order valence-corrected chi connectivity index (χ2v) is 12.6. The van der Waals surface area contributed by atoms with Gasteiger partial charge in [-0.15, -0.1) is 0 Å². The SMILES string of the molecule is CC1Cc2c(n3ncc(Cc4ccccc4)c3n(-c3ccc(-c4n[nH]c(=O)n4C)cc3)c2=O)CN1C(=O)c1ccc(Br)c(C(F)(F)F)c1. The van der Waals surface area contributed by atoms with Crippen molar-refractivity contribution in [2.45, 2.75) is 38.5 Å². The fourth-order valence-electron chi connectivity index (χ4n) is 6.24. The quantitative estimate of drug-likeness (QED) is 0.252. The first-order chi connectivity index (χ1) is 22.9. The molecule has 1 amide bonds. The van der Waals surface area contributed by atoms with Crippen LogP contribution in [-0.2, 0) is 32.6 Å². The molecule has 1 aliphatic heterocycles. The largest absolute Gasteiger partial charge is 0.417 e. The van der Waals surface area contributed by atoms with E-state index in [2.05, 4.69) is 26.1 Å². The molecule has 0 saturated carbocycles. The Bertz CT molecular complexity index is 2320. The predicted octanol–water partition coefficient (Wildman–Crippen LogP) is 5.53. The molecule has 1 unspecified atom stereocenters. The summed E-state index contributed by atoms with van der Waals surface area (Å²) in [6, 6.07) is 19.7. The van der Waals surface area contributed by atoms with Gasteiger partial charge in [-0.25, -0.2) is 14.4 Å². The molecule has 1 N–H and O–H groups in total. The maximum Gasteiger partial charge on any atom is 0.417 e. The standard InChI is InChI=1S/C34H27BrF3N7O3/c1-19-14-25-28(18-43(19)31(46)22-10-13-27(35)26(16-22)34(36,37)38)45-30(23(17-39-45)15-20-6-4-3-5-7-20)44(32(25)47)24-11-8-21(9-12-24)29-40-41-33(48)42(29)2/h3-13,16-17,19H,14-15,18H2,1-2H3,(H,41,48). The predicted molar refractivity (Wildman–Crippen MR) is 175 cm³/mol. The minimum Gasteiger partial charge on any atom is -0.330 e. The van der Waals surface area contributed by atoms with Gasteiger partial charge in [-0.3, -0.25) is 18.7 Å². The van der Waals surface area contributed by atoms with Crippen LogP contribution >= 0.6 is 15.9 Å². The molecule has 0 bridgehead atoms. The zero-order valence-corrected chi connectivity index (χ0v) is 27.2. The maximum atomic E-state index is 14.5. The summed E-state index contributed by atoms with van der Waals surface area (Å²) in [5.74, 6) is -0.140. The number of aromatic amines is 1. The molecule has 7 rings (SSSR count). The molecule has 0 fully saturated rings. The average Bonchev–Trinajstić information content (AvgIpc) is 3.63. The van der Waals surface area contributed by atoms with Gasteiger partial charge in [-0.1, -0.05) is 46.3 Å². The number of carbonyl (C=O) groups excluding carboxylic acids is 1. The van der Waals surface area contributed by atoms with Crippen molar-refractivity contribution in [3.63, 3.8) is 0 Å². The van der Waals surface area contributed by atoms with Gasteiger partial charge in [0.1, 0.15) is 5.65 Å². The number of rotatable bonds is 5. The van der Waals surface area contributed by atoms with E-state index in [0.717, 1.165) is 17.2 Å². The highest BCUT2D eigenvalue weighted by molar-refractivity contribution is 9.10. The molecule has 244 valence electrons. The molecule has 3 aromatic carbocycles. The molecule has 0 radical (unpaired) electrons. The number of hydrogen-bond acceptors (Lipinski definition) is 5. The Kier molecular flexibility index (Phi) is 7.69. The van der Waals surface area contributed by atoms with Gasteiger partial charge < -0.3 is 4.90 Å². The number of aromatic nitrogens is 6. The van der Waals surface area contributed by atoms with Crippen molar-refractivity contribution in [3.05, 3.63) is 138 Å². The third kappa shape index (κ3) is 5.35. The molecule has 6 aromatic rings. The summed E-state index contributed by atoms with van der Waals surface area (Å²) < 4.78 is 45.5. The maximum absolute atomic E-state index is 14.5. The third-order valence-corrected chi connectivity index (χ3v) is 9.42. The van der Waals surface area contributed by atoms with Crippen molar-refractivity contribution in [1.29, 1.82) is 0 Å². The Hall–Kier alpha value is -5.24. The van der Waals surface area contributed by atoms with Crippen molar-refractivity contribution in [3.8, 4) is 17.1 Å². The topological polar surface area (TPSA) is 110 Å². The highest BCUT2D eigenvalue weighted by Gasteiger charge is 2.36. The lowest BCUT2D eigenvalue weighted by Gasteiger charge is -2.35. The molecule has 3 aromatic heterocycles. The van der Waals surface area contributed by atoms with E-state index in [0.29, 0.717) is 40.4 Å². The van der Waals surface area contributed by atoms with E-state index in [1.54, 1.807) is 53.5 Å². The van der Waals surface area contributed by atoms with Gasteiger partial charge in [0.05, 0.1) is 29.7 Å². The van der Waals surface area contributed by atoms with E-state index in [1.165, 1.54) is 21.6 Å². The van der Waals surface area contributed by atoms with Crippen molar-refractivity contribution in [1.82, 2.24) is 33.8 Å². The summed E-state index contributed by atoms with van der Waals surface area (Å²) in [7, 11) is 1.61. The Morgan fingerprint density at radius 3 is 2.44 bits per heavy atom. The summed E-state index contributed by atoms with van der Waals surface area (Å²) in [6.45, 7) is 1.74. The molecule has 0 spiro atoms. The number of benzene rings is 3. The molecule has 10 nitrogen and oxygen atoms in total. The number of H-pyrrole nitrogens is 1. The summed E-state index contributed by atoms with van der Waals surface area (Å²) >= 11 is 2.94. The second kappa shape index (κ2) is 11.8. The number of alkyl halides is 3. The van der Waals surface area contributed by atoms with Crippen molar-refractivity contribution in [2.75, 3.05) is 0 Å². The van der Waals surface area contributed by atoms with Crippen LogP contribution < -0.4 is 11.2 Å². The highest BCUT2D eigenvalue weighted by atomic mass is 79.9. The summed E-state index contributed by atoms with van der Waals surface area (Å²) in [6.07, 6.45) is -2.32. The molecule has 0 saturated heterocycles. The molecular formula is C34H27BrF3N7O3. The Morgan fingerprint density at radius 2 is 1.77 bits per heavy atom. The van der Waals surface area contributed by atoms with E-state index in [1.807, 2.05) is 30.3 Å². The zero-order chi connectivity index (χ0) is 33.9. The lowest BCUT2D eigenvalue weighted by atomic mass is 9.97. The lowest BCUT2D eigenvalue weighted by molar-refractivity contribution is -0.138. The first-order valence-electron chi connectivity index (χ1n) is 15.0. The minimum absolute atomic E-state index is 0.0299. The van der Waals surface area contributed by atoms with Crippen LogP contribution in [0, 0.1) is 0 Å². The zero-order valence-electron chi connectivity index (χ0n) is 25.6. The molecule has 0 aliphatic carbocycles. The Balaban J connectivity index is 1.36. The smallest absolute Gasteiger partial charge is 0.330 e. The van der Waals surface area contributed by atoms with E-state index in [-0.39, 0.29) is 34.3 Å². The summed E-state index contributed by atoms with van der Waals surface area (Å²) in [4.78, 5) is 41.6. The number of nitrogens with one attached hydrogen (secondary N) is 1. The van der Waals surface area contributed by atoms with Crippen LogP contribution in [0.25, 0.3) is 22.7 Å². The summed E-state index contributed by atoms with van der Waals surface area (Å²) in [5.41, 5.74) is 2.77. The fraction of sp³-hybridized carbons (Fsp3) is 0.206. The van der Waals surface area contributed by atoms with Crippen LogP contribution in [0.15, 0.2) is 93.1 Å². The summed E-state index contributed by atoms with van der Waals surface area (Å²) in [5, 5.41) is 11.2. The first kappa shape index (κ1) is 31.4. The normalized spacial score (nSPS) is 14.8. The van der Waals surface area contributed by atoms with Crippen molar-refractivity contribution in [2.24, 2.45) is 7.05 Å². The number of nitrogens with zero attached hydrogens (tertiary/aromatic N) is 6. The van der Waals surface area contributed by atoms with Gasteiger partial charge in [0.15, 0.2) is 5.82 Å². The fourth-order valence-corrected chi connectivity index (χ4v) is 6.71. The molecule has 48 heavy (non-hydrogen) atoms. The average molecular weight is 719 g/mol. The van der Waals surface area contributed by atoms with Gasteiger partial charge in [-0.05, 0) is 61.4 Å². The van der Waals surface area contributed by atoms with Gasteiger partial charge in [-0.2, -0.15) is 23.4 Å². The van der Waals surface area contributed by atoms with Gasteiger partial charge in [0, 0.05) is 46.2 Å². The van der Waals surface area contributed by atoms with Gasteiger partial charge in [0.2, 0.25) is 0 Å². The van der Waals surface area contributed by atoms with Crippen molar-refractivity contribution >= 4 is 27.5 Å². The molecular weight excluding hydrogens is 691 g/mol. The monoisotopic (exact) mass is 717 g/mol. The third-order valence-electron chi connectivity index (χ3n) is 8.73. The molecule has 4 heterocycles. The Morgan fingerprint density at radius 1 is 1.04 bits per heavy atom.